The largest absolute Gasteiger partial charge is 0.468 e. The lowest BCUT2D eigenvalue weighted by atomic mass is 9.95. The van der Waals surface area contributed by atoms with Crippen molar-refractivity contribution in [2.75, 3.05) is 26.0 Å². The number of sulfonamides is 1. The number of hydrogen-bond donors (Lipinski definition) is 0. The lowest BCUT2D eigenvalue weighted by Gasteiger charge is -2.31. The third kappa shape index (κ3) is 3.21. The Morgan fingerprint density at radius 1 is 1.04 bits per heavy atom. The van der Waals surface area contributed by atoms with Gasteiger partial charge in [0.15, 0.2) is 0 Å². The summed E-state index contributed by atoms with van der Waals surface area (Å²) in [6.45, 7) is 10.2. The molecule has 1 heterocycles. The maximum absolute atomic E-state index is 13.3. The molecule has 1 aromatic carbocycles. The van der Waals surface area contributed by atoms with Gasteiger partial charge < -0.3 is 4.74 Å². The number of hydrogen-bond acceptors (Lipinski definition) is 5. The van der Waals surface area contributed by atoms with Crippen molar-refractivity contribution in [3.05, 3.63) is 27.8 Å². The first-order valence-electron chi connectivity index (χ1n) is 7.89. The lowest BCUT2D eigenvalue weighted by Crippen LogP contribution is -2.45. The number of carbonyl (C=O) groups is 1. The summed E-state index contributed by atoms with van der Waals surface area (Å²) in [6, 6.07) is 0. The van der Waals surface area contributed by atoms with E-state index in [9.17, 15) is 13.2 Å². The van der Waals surface area contributed by atoms with Crippen LogP contribution >= 0.6 is 11.8 Å². The van der Waals surface area contributed by atoms with Crippen molar-refractivity contribution in [2.24, 2.45) is 0 Å². The Morgan fingerprint density at radius 2 is 1.54 bits per heavy atom. The molecule has 1 aromatic rings. The molecule has 1 atom stereocenters. The number of methoxy groups -OCH3 is 1. The average molecular weight is 372 g/mol. The minimum absolute atomic E-state index is 0.157. The standard InChI is InChI=1S/C17H25NO4S2/c1-10-11(2)13(4)16(14(5)12(10)3)24(20,21)18-7-8-23-15(9-18)17(19)22-6/h15H,7-9H2,1-6H3/t15-/m1/s1. The quantitative estimate of drug-likeness (QED) is 0.764. The molecule has 0 amide bonds. The van der Waals surface area contributed by atoms with Crippen molar-refractivity contribution < 1.29 is 17.9 Å². The number of rotatable bonds is 3. The minimum atomic E-state index is -3.65. The summed E-state index contributed by atoms with van der Waals surface area (Å²) in [7, 11) is -2.32. The number of benzene rings is 1. The van der Waals surface area contributed by atoms with Crippen LogP contribution in [-0.2, 0) is 19.6 Å². The summed E-state index contributed by atoms with van der Waals surface area (Å²) in [4.78, 5) is 12.2. The van der Waals surface area contributed by atoms with Gasteiger partial charge in [-0.2, -0.15) is 4.31 Å². The number of ether oxygens (including phenoxy) is 1. The molecule has 0 spiro atoms. The van der Waals surface area contributed by atoms with Gasteiger partial charge in [-0.15, -0.1) is 11.8 Å². The molecule has 0 aliphatic carbocycles. The highest BCUT2D eigenvalue weighted by atomic mass is 32.2. The van der Waals surface area contributed by atoms with Gasteiger partial charge in [0, 0.05) is 18.8 Å². The van der Waals surface area contributed by atoms with E-state index in [1.807, 2.05) is 34.6 Å². The molecule has 2 rings (SSSR count). The first kappa shape index (κ1) is 19.3. The van der Waals surface area contributed by atoms with Gasteiger partial charge in [0.25, 0.3) is 0 Å². The molecule has 1 saturated heterocycles. The van der Waals surface area contributed by atoms with Crippen molar-refractivity contribution in [3.8, 4) is 0 Å². The Hall–Kier alpha value is -1.05. The zero-order chi connectivity index (χ0) is 18.2. The molecule has 0 unspecified atom stereocenters. The van der Waals surface area contributed by atoms with E-state index in [2.05, 4.69) is 0 Å². The van der Waals surface area contributed by atoms with Crippen LogP contribution in [0.3, 0.4) is 0 Å². The van der Waals surface area contributed by atoms with Crippen LogP contribution in [0.15, 0.2) is 4.90 Å². The second kappa shape index (κ2) is 7.06. The fourth-order valence-corrected chi connectivity index (χ4v) is 6.45. The van der Waals surface area contributed by atoms with E-state index >= 15 is 0 Å². The number of esters is 1. The molecule has 5 nitrogen and oxygen atoms in total. The molecule has 1 aliphatic heterocycles. The third-order valence-corrected chi connectivity index (χ3v) is 8.32. The first-order valence-corrected chi connectivity index (χ1v) is 10.4. The number of carbonyl (C=O) groups excluding carboxylic acids is 1. The molecule has 1 fully saturated rings. The van der Waals surface area contributed by atoms with Crippen molar-refractivity contribution >= 4 is 27.8 Å². The highest BCUT2D eigenvalue weighted by Crippen LogP contribution is 2.33. The molecule has 0 bridgehead atoms. The van der Waals surface area contributed by atoms with Crippen LogP contribution < -0.4 is 0 Å². The Balaban J connectivity index is 2.50. The zero-order valence-electron chi connectivity index (χ0n) is 15.1. The normalized spacial score (nSPS) is 19.3. The van der Waals surface area contributed by atoms with Gasteiger partial charge in [-0.1, -0.05) is 0 Å². The molecule has 0 aromatic heterocycles. The van der Waals surface area contributed by atoms with E-state index < -0.39 is 15.3 Å². The van der Waals surface area contributed by atoms with Gasteiger partial charge in [-0.25, -0.2) is 8.42 Å². The summed E-state index contributed by atoms with van der Waals surface area (Å²) in [5, 5.41) is -0.466. The fourth-order valence-electron chi connectivity index (χ4n) is 3.10. The summed E-state index contributed by atoms with van der Waals surface area (Å²) in [6.07, 6.45) is 0. The molecule has 7 heteroatoms. The van der Waals surface area contributed by atoms with Gasteiger partial charge in [0.1, 0.15) is 5.25 Å². The van der Waals surface area contributed by atoms with Crippen LogP contribution in [-0.4, -0.2) is 49.9 Å². The molecule has 0 saturated carbocycles. The molecule has 134 valence electrons. The first-order chi connectivity index (χ1) is 11.1. The van der Waals surface area contributed by atoms with Crippen LogP contribution in [0.1, 0.15) is 27.8 Å². The van der Waals surface area contributed by atoms with Crippen LogP contribution in [0.5, 0.6) is 0 Å². The lowest BCUT2D eigenvalue weighted by molar-refractivity contribution is -0.140. The van der Waals surface area contributed by atoms with E-state index in [0.29, 0.717) is 17.2 Å². The van der Waals surface area contributed by atoms with Gasteiger partial charge in [-0.05, 0) is 62.4 Å². The zero-order valence-corrected chi connectivity index (χ0v) is 16.7. The van der Waals surface area contributed by atoms with Crippen LogP contribution in [0, 0.1) is 34.6 Å². The average Bonchev–Trinajstić information content (AvgIpc) is 2.57. The van der Waals surface area contributed by atoms with Gasteiger partial charge in [0.05, 0.1) is 12.0 Å². The second-order valence-corrected chi connectivity index (χ2v) is 9.39. The summed E-state index contributed by atoms with van der Waals surface area (Å²) in [5.74, 6) is 0.214. The molecule has 0 radical (unpaired) electrons. The number of nitrogens with zero attached hydrogens (tertiary/aromatic N) is 1. The third-order valence-electron chi connectivity index (χ3n) is 5.02. The smallest absolute Gasteiger partial charge is 0.320 e. The van der Waals surface area contributed by atoms with Crippen LogP contribution in [0.2, 0.25) is 0 Å². The monoisotopic (exact) mass is 371 g/mol. The SMILES string of the molecule is COC(=O)[C@H]1CN(S(=O)(=O)c2c(C)c(C)c(C)c(C)c2C)CCS1. The van der Waals surface area contributed by atoms with E-state index in [1.54, 1.807) is 0 Å². The Labute approximate surface area is 148 Å². The predicted octanol–water partition coefficient (Wildman–Crippen LogP) is 2.51. The summed E-state index contributed by atoms with van der Waals surface area (Å²) in [5.41, 5.74) is 4.73. The van der Waals surface area contributed by atoms with E-state index in [-0.39, 0.29) is 12.5 Å². The summed E-state index contributed by atoms with van der Waals surface area (Å²) >= 11 is 1.45. The minimum Gasteiger partial charge on any atom is -0.468 e. The van der Waals surface area contributed by atoms with Crippen molar-refractivity contribution in [1.82, 2.24) is 4.31 Å². The maximum atomic E-state index is 13.3. The van der Waals surface area contributed by atoms with Crippen molar-refractivity contribution in [3.63, 3.8) is 0 Å². The summed E-state index contributed by atoms with van der Waals surface area (Å²) < 4.78 is 32.7. The van der Waals surface area contributed by atoms with Crippen molar-refractivity contribution in [1.29, 1.82) is 0 Å². The van der Waals surface area contributed by atoms with Crippen LogP contribution in [0.4, 0.5) is 0 Å². The Kier molecular flexibility index (Phi) is 5.67. The van der Waals surface area contributed by atoms with Gasteiger partial charge in [0.2, 0.25) is 10.0 Å². The Morgan fingerprint density at radius 3 is 2.04 bits per heavy atom. The second-order valence-electron chi connectivity index (χ2n) is 6.20. The van der Waals surface area contributed by atoms with Crippen molar-refractivity contribution in [2.45, 2.75) is 44.8 Å². The topological polar surface area (TPSA) is 63.7 Å². The molecule has 1 aliphatic rings. The van der Waals surface area contributed by atoms with Gasteiger partial charge >= 0.3 is 5.97 Å². The Bertz CT molecular complexity index is 742. The molecular weight excluding hydrogens is 346 g/mol. The van der Waals surface area contributed by atoms with Gasteiger partial charge in [-0.3, -0.25) is 4.79 Å². The molecule has 0 N–H and O–H groups in total. The molecular formula is C17H25NO4S2. The van der Waals surface area contributed by atoms with E-state index in [4.69, 9.17) is 4.74 Å². The van der Waals surface area contributed by atoms with Crippen LogP contribution in [0.25, 0.3) is 0 Å². The fraction of sp³-hybridized carbons (Fsp3) is 0.588. The van der Waals surface area contributed by atoms with E-state index in [0.717, 1.165) is 27.8 Å². The maximum Gasteiger partial charge on any atom is 0.320 e. The molecule has 24 heavy (non-hydrogen) atoms. The number of thioether (sulfide) groups is 1. The highest BCUT2D eigenvalue weighted by molar-refractivity contribution is 8.00. The predicted molar refractivity (Wildman–Crippen MR) is 97.1 cm³/mol. The highest BCUT2D eigenvalue weighted by Gasteiger charge is 2.36. The van der Waals surface area contributed by atoms with E-state index in [1.165, 1.54) is 23.2 Å².